The van der Waals surface area contributed by atoms with Crippen LogP contribution in [-0.4, -0.2) is 43.8 Å². The highest BCUT2D eigenvalue weighted by molar-refractivity contribution is 6.22. The Morgan fingerprint density at radius 3 is 1.53 bits per heavy atom. The average molecular weight is 409 g/mol. The molecule has 30 heavy (non-hydrogen) atoms. The van der Waals surface area contributed by atoms with E-state index in [0.717, 1.165) is 37.1 Å². The second-order valence-electron chi connectivity index (χ2n) is 7.30. The van der Waals surface area contributed by atoms with E-state index in [-0.39, 0.29) is 30.7 Å². The zero-order chi connectivity index (χ0) is 21.5. The van der Waals surface area contributed by atoms with E-state index in [9.17, 15) is 14.4 Å². The van der Waals surface area contributed by atoms with Gasteiger partial charge in [0.2, 0.25) is 11.8 Å². The maximum absolute atomic E-state index is 12.9. The molecule has 1 aliphatic rings. The van der Waals surface area contributed by atoms with Gasteiger partial charge < -0.3 is 21.3 Å². The van der Waals surface area contributed by atoms with E-state index in [1.54, 1.807) is 24.3 Å². The number of rotatable bonds is 10. The topological polar surface area (TPSA) is 99.3 Å². The summed E-state index contributed by atoms with van der Waals surface area (Å²) in [6, 6.07) is 10.7. The van der Waals surface area contributed by atoms with E-state index < -0.39 is 0 Å². The molecule has 0 bridgehead atoms. The lowest BCUT2D eigenvalue weighted by molar-refractivity contribution is -0.116. The summed E-state index contributed by atoms with van der Waals surface area (Å²) >= 11 is 0. The number of amides is 2. The van der Waals surface area contributed by atoms with Gasteiger partial charge in [0, 0.05) is 22.5 Å². The van der Waals surface area contributed by atoms with Crippen LogP contribution in [0.5, 0.6) is 0 Å². The highest BCUT2D eigenvalue weighted by Gasteiger charge is 2.27. The molecule has 0 atom stereocenters. The third kappa shape index (κ3) is 5.11. The molecule has 3 rings (SSSR count). The van der Waals surface area contributed by atoms with Crippen molar-refractivity contribution in [3.8, 4) is 11.1 Å². The van der Waals surface area contributed by atoms with Crippen molar-refractivity contribution in [2.45, 2.75) is 26.7 Å². The van der Waals surface area contributed by atoms with Gasteiger partial charge in [-0.15, -0.1) is 0 Å². The standard InChI is InChI=1S/C23H28N4O3/c1-3-9-24-13-21(28)26-15-5-7-17-18-8-6-16(27-22(29)14-25-10-4-2)12-20(18)23(30)19(17)11-15/h5-8,11-12,24-25H,3-4,9-10,13-14H2,1-2H3,(H,26,28)(H,27,29). The molecule has 2 aromatic carbocycles. The van der Waals surface area contributed by atoms with Crippen molar-refractivity contribution in [1.29, 1.82) is 0 Å². The third-order valence-corrected chi connectivity index (χ3v) is 4.81. The first-order valence-electron chi connectivity index (χ1n) is 10.4. The Morgan fingerprint density at radius 2 is 1.13 bits per heavy atom. The summed E-state index contributed by atoms with van der Waals surface area (Å²) in [5.41, 5.74) is 3.96. The van der Waals surface area contributed by atoms with Crippen molar-refractivity contribution in [3.05, 3.63) is 47.5 Å². The van der Waals surface area contributed by atoms with E-state index in [2.05, 4.69) is 21.3 Å². The average Bonchev–Trinajstić information content (AvgIpc) is 3.00. The fraction of sp³-hybridized carbons (Fsp3) is 0.348. The number of hydrogen-bond donors (Lipinski definition) is 4. The van der Waals surface area contributed by atoms with Gasteiger partial charge in [0.15, 0.2) is 5.78 Å². The molecule has 2 amide bonds. The number of fused-ring (bicyclic) bond motifs is 3. The number of carbonyl (C=O) groups is 3. The number of ketones is 1. The minimum atomic E-state index is -0.145. The molecule has 0 saturated carbocycles. The van der Waals surface area contributed by atoms with Crippen LogP contribution in [0.1, 0.15) is 42.6 Å². The summed E-state index contributed by atoms with van der Waals surface area (Å²) in [5, 5.41) is 11.7. The van der Waals surface area contributed by atoms with Gasteiger partial charge in [0.25, 0.3) is 0 Å². The van der Waals surface area contributed by atoms with Crippen LogP contribution in [0.2, 0.25) is 0 Å². The van der Waals surface area contributed by atoms with E-state index in [0.29, 0.717) is 22.5 Å². The smallest absolute Gasteiger partial charge is 0.238 e. The number of carbonyl (C=O) groups excluding carboxylic acids is 3. The van der Waals surface area contributed by atoms with E-state index in [4.69, 9.17) is 0 Å². The van der Waals surface area contributed by atoms with Crippen LogP contribution < -0.4 is 21.3 Å². The Bertz CT molecular complexity index is 880. The van der Waals surface area contributed by atoms with Crippen LogP contribution in [-0.2, 0) is 9.59 Å². The molecule has 0 aromatic heterocycles. The van der Waals surface area contributed by atoms with Crippen molar-refractivity contribution in [1.82, 2.24) is 10.6 Å². The lowest BCUT2D eigenvalue weighted by atomic mass is 10.0. The zero-order valence-corrected chi connectivity index (χ0v) is 17.4. The zero-order valence-electron chi connectivity index (χ0n) is 17.4. The second-order valence-corrected chi connectivity index (χ2v) is 7.30. The molecule has 0 unspecified atom stereocenters. The van der Waals surface area contributed by atoms with Crippen molar-refractivity contribution in [2.75, 3.05) is 36.8 Å². The van der Waals surface area contributed by atoms with Gasteiger partial charge in [-0.05, 0) is 61.3 Å². The van der Waals surface area contributed by atoms with Crippen molar-refractivity contribution in [3.63, 3.8) is 0 Å². The molecule has 7 heteroatoms. The maximum Gasteiger partial charge on any atom is 0.238 e. The summed E-state index contributed by atoms with van der Waals surface area (Å²) in [4.78, 5) is 37.0. The van der Waals surface area contributed by atoms with E-state index in [1.807, 2.05) is 26.0 Å². The lowest BCUT2D eigenvalue weighted by Gasteiger charge is -2.08. The van der Waals surface area contributed by atoms with Crippen molar-refractivity contribution in [2.24, 2.45) is 0 Å². The van der Waals surface area contributed by atoms with Crippen LogP contribution in [0.4, 0.5) is 11.4 Å². The Kier molecular flexibility index (Phi) is 7.32. The molecule has 2 aromatic rings. The molecule has 0 aliphatic heterocycles. The van der Waals surface area contributed by atoms with Gasteiger partial charge in [0.1, 0.15) is 0 Å². The number of benzene rings is 2. The van der Waals surface area contributed by atoms with Crippen molar-refractivity contribution >= 4 is 29.0 Å². The minimum Gasteiger partial charge on any atom is -0.325 e. The Balaban J connectivity index is 1.70. The SMILES string of the molecule is CCCNCC(=O)Nc1ccc2c(c1)C(=O)c1cc(NC(=O)CNCCC)ccc1-2. The van der Waals surface area contributed by atoms with Crippen LogP contribution >= 0.6 is 0 Å². The fourth-order valence-corrected chi connectivity index (χ4v) is 3.40. The lowest BCUT2D eigenvalue weighted by Crippen LogP contribution is -2.28. The Labute approximate surface area is 176 Å². The molecule has 0 radical (unpaired) electrons. The van der Waals surface area contributed by atoms with Crippen LogP contribution in [0, 0.1) is 0 Å². The molecular weight excluding hydrogens is 380 g/mol. The highest BCUT2D eigenvalue weighted by Crippen LogP contribution is 2.39. The number of anilines is 2. The van der Waals surface area contributed by atoms with Crippen molar-refractivity contribution < 1.29 is 14.4 Å². The predicted molar refractivity (Wildman–Crippen MR) is 119 cm³/mol. The van der Waals surface area contributed by atoms with Gasteiger partial charge in [0.05, 0.1) is 13.1 Å². The number of nitrogens with one attached hydrogen (secondary N) is 4. The minimum absolute atomic E-state index is 0.111. The molecule has 0 fully saturated rings. The Morgan fingerprint density at radius 1 is 0.700 bits per heavy atom. The quantitative estimate of drug-likeness (QED) is 0.387. The first kappa shape index (κ1) is 21.7. The van der Waals surface area contributed by atoms with Crippen LogP contribution in [0.15, 0.2) is 36.4 Å². The van der Waals surface area contributed by atoms with Crippen LogP contribution in [0.3, 0.4) is 0 Å². The first-order valence-corrected chi connectivity index (χ1v) is 10.4. The van der Waals surface area contributed by atoms with Gasteiger partial charge >= 0.3 is 0 Å². The summed E-state index contributed by atoms with van der Waals surface area (Å²) in [7, 11) is 0. The molecule has 0 saturated heterocycles. The van der Waals surface area contributed by atoms with Gasteiger partial charge in [-0.3, -0.25) is 14.4 Å². The predicted octanol–water partition coefficient (Wildman–Crippen LogP) is 2.77. The third-order valence-electron chi connectivity index (χ3n) is 4.81. The highest BCUT2D eigenvalue weighted by atomic mass is 16.2. The summed E-state index contributed by atoms with van der Waals surface area (Å²) in [6.45, 7) is 6.09. The number of hydrogen-bond acceptors (Lipinski definition) is 5. The molecule has 0 spiro atoms. The monoisotopic (exact) mass is 408 g/mol. The van der Waals surface area contributed by atoms with Gasteiger partial charge in [-0.1, -0.05) is 26.0 Å². The summed E-state index contributed by atoms with van der Waals surface area (Å²) in [6.07, 6.45) is 1.91. The van der Waals surface area contributed by atoms with E-state index >= 15 is 0 Å². The Hall–Kier alpha value is -3.03. The molecule has 1 aliphatic carbocycles. The largest absolute Gasteiger partial charge is 0.325 e. The summed E-state index contributed by atoms with van der Waals surface area (Å²) < 4.78 is 0. The molecule has 158 valence electrons. The second kappa shape index (κ2) is 10.1. The van der Waals surface area contributed by atoms with Gasteiger partial charge in [-0.25, -0.2) is 0 Å². The molecule has 4 N–H and O–H groups in total. The summed E-state index contributed by atoms with van der Waals surface area (Å²) in [5.74, 6) is -0.401. The van der Waals surface area contributed by atoms with E-state index in [1.165, 1.54) is 0 Å². The normalized spacial score (nSPS) is 11.7. The molecule has 0 heterocycles. The maximum atomic E-state index is 12.9. The molecular formula is C23H28N4O3. The first-order chi connectivity index (χ1) is 14.5. The fourth-order valence-electron chi connectivity index (χ4n) is 3.40. The van der Waals surface area contributed by atoms with Crippen LogP contribution in [0.25, 0.3) is 11.1 Å². The van der Waals surface area contributed by atoms with Gasteiger partial charge in [-0.2, -0.15) is 0 Å². The molecule has 7 nitrogen and oxygen atoms in total.